The molecule has 194 valence electrons. The van der Waals surface area contributed by atoms with Crippen molar-refractivity contribution >= 4 is 22.8 Å². The molecule has 1 atom stereocenters. The molecule has 2 aromatic carbocycles. The normalized spacial score (nSPS) is 14.2. The van der Waals surface area contributed by atoms with Crippen LogP contribution in [0.5, 0.6) is 11.5 Å². The number of nitrogens with one attached hydrogen (secondary N) is 1. The molecule has 1 aromatic heterocycles. The second-order valence-electron chi connectivity index (χ2n) is 7.99. The van der Waals surface area contributed by atoms with E-state index in [4.69, 9.17) is 9.47 Å². The summed E-state index contributed by atoms with van der Waals surface area (Å²) in [6, 6.07) is 8.21. The largest absolute Gasteiger partial charge is 0.496 e. The Hall–Kier alpha value is -3.61. The topological polar surface area (TPSA) is 76.6 Å². The van der Waals surface area contributed by atoms with Crippen LogP contribution in [0.2, 0.25) is 0 Å². The van der Waals surface area contributed by atoms with Crippen molar-refractivity contribution in [1.82, 2.24) is 14.9 Å². The molecule has 0 aliphatic carbocycles. The summed E-state index contributed by atoms with van der Waals surface area (Å²) in [7, 11) is 3.33. The third-order valence-corrected chi connectivity index (χ3v) is 6.07. The van der Waals surface area contributed by atoms with E-state index in [-0.39, 0.29) is 11.9 Å². The first-order valence-electron chi connectivity index (χ1n) is 12.6. The third-order valence-electron chi connectivity index (χ3n) is 6.07. The van der Waals surface area contributed by atoms with Gasteiger partial charge in [0.2, 0.25) is 11.9 Å². The van der Waals surface area contributed by atoms with Gasteiger partial charge in [-0.05, 0) is 60.7 Å². The van der Waals surface area contributed by atoms with Crippen molar-refractivity contribution in [1.29, 1.82) is 0 Å². The van der Waals surface area contributed by atoms with Gasteiger partial charge in [0.05, 0.1) is 19.7 Å². The van der Waals surface area contributed by atoms with Crippen molar-refractivity contribution in [3.8, 4) is 22.6 Å². The standard InChI is InChI=1S/C25H28N4O3.2C2H6/c1-6-23(30)29-10-9-19(14-29)27-25-26-13-18-11-17(7-8-20(18)28-25)24-15(2)21(31-4)12-22(32-5)16(24)3;2*1-2/h6-8,11-13,19H,1,9-10,14H2,2-5H3,(H,26,27,28);2*1-2H3. The molecule has 7 nitrogen and oxygen atoms in total. The SMILES string of the molecule is C=CC(=O)N1CCC(Nc2ncc3cc(-c4c(C)c(OC)cc(OC)c4C)ccc3n2)C1.CC.CC. The fraction of sp³-hybridized carbons (Fsp3) is 0.414. The van der Waals surface area contributed by atoms with Crippen LogP contribution < -0.4 is 14.8 Å². The lowest BCUT2D eigenvalue weighted by Gasteiger charge is -2.18. The third kappa shape index (κ3) is 6.14. The van der Waals surface area contributed by atoms with Crippen molar-refractivity contribution < 1.29 is 14.3 Å². The van der Waals surface area contributed by atoms with Crippen molar-refractivity contribution in [2.75, 3.05) is 32.6 Å². The van der Waals surface area contributed by atoms with Gasteiger partial charge in [-0.3, -0.25) is 4.79 Å². The molecule has 1 N–H and O–H groups in total. The van der Waals surface area contributed by atoms with E-state index in [1.54, 1.807) is 19.1 Å². The summed E-state index contributed by atoms with van der Waals surface area (Å²) in [5.41, 5.74) is 5.12. The molecule has 1 amide bonds. The molecule has 4 rings (SSSR count). The first kappa shape index (κ1) is 28.6. The van der Waals surface area contributed by atoms with Crippen LogP contribution in [0.3, 0.4) is 0 Å². The van der Waals surface area contributed by atoms with E-state index in [0.29, 0.717) is 19.0 Å². The highest BCUT2D eigenvalue weighted by Gasteiger charge is 2.25. The lowest BCUT2D eigenvalue weighted by molar-refractivity contribution is -0.125. The monoisotopic (exact) mass is 492 g/mol. The molecule has 0 spiro atoms. The zero-order chi connectivity index (χ0) is 26.8. The summed E-state index contributed by atoms with van der Waals surface area (Å²) >= 11 is 0. The molecule has 0 radical (unpaired) electrons. The second kappa shape index (κ2) is 13.5. The number of ether oxygens (including phenoxy) is 2. The zero-order valence-corrected chi connectivity index (χ0v) is 22.9. The maximum atomic E-state index is 11.8. The van der Waals surface area contributed by atoms with Crippen LogP contribution in [-0.2, 0) is 4.79 Å². The Morgan fingerprint density at radius 3 is 2.31 bits per heavy atom. The fourth-order valence-corrected chi connectivity index (χ4v) is 4.37. The Balaban J connectivity index is 0.00000109. The quantitative estimate of drug-likeness (QED) is 0.414. The molecule has 1 aliphatic rings. The first-order valence-corrected chi connectivity index (χ1v) is 12.6. The van der Waals surface area contributed by atoms with Gasteiger partial charge in [-0.1, -0.05) is 40.3 Å². The fourth-order valence-electron chi connectivity index (χ4n) is 4.37. The summed E-state index contributed by atoms with van der Waals surface area (Å²) in [6.45, 7) is 17.0. The highest BCUT2D eigenvalue weighted by atomic mass is 16.5. The molecular formula is C29H40N4O3. The minimum Gasteiger partial charge on any atom is -0.496 e. The van der Waals surface area contributed by atoms with E-state index in [1.807, 2.05) is 46.0 Å². The van der Waals surface area contributed by atoms with Gasteiger partial charge in [0, 0.05) is 36.8 Å². The number of nitrogens with zero attached hydrogens (tertiary/aromatic N) is 3. The van der Waals surface area contributed by atoms with Crippen LogP contribution in [-0.4, -0.2) is 54.1 Å². The number of anilines is 1. The minimum absolute atomic E-state index is 0.0407. The van der Waals surface area contributed by atoms with Gasteiger partial charge in [0.15, 0.2) is 0 Å². The average molecular weight is 493 g/mol. The van der Waals surface area contributed by atoms with Crippen molar-refractivity contribution in [2.24, 2.45) is 0 Å². The Bertz CT molecular complexity index is 1160. The van der Waals surface area contributed by atoms with Crippen molar-refractivity contribution in [3.63, 3.8) is 0 Å². The maximum absolute atomic E-state index is 11.8. The van der Waals surface area contributed by atoms with E-state index in [2.05, 4.69) is 47.8 Å². The lowest BCUT2D eigenvalue weighted by atomic mass is 9.93. The Labute approximate surface area is 215 Å². The molecule has 1 saturated heterocycles. The van der Waals surface area contributed by atoms with Crippen LogP contribution in [0.1, 0.15) is 45.2 Å². The number of likely N-dealkylation sites (tertiary alicyclic amines) is 1. The lowest BCUT2D eigenvalue weighted by Crippen LogP contribution is -2.30. The van der Waals surface area contributed by atoms with Crippen LogP contribution in [0.15, 0.2) is 43.1 Å². The number of fused-ring (bicyclic) bond motifs is 1. The number of benzene rings is 2. The number of carbonyl (C=O) groups is 1. The van der Waals surface area contributed by atoms with E-state index in [9.17, 15) is 4.79 Å². The molecule has 1 unspecified atom stereocenters. The van der Waals surface area contributed by atoms with Gasteiger partial charge in [-0.25, -0.2) is 9.97 Å². The zero-order valence-electron chi connectivity index (χ0n) is 22.9. The smallest absolute Gasteiger partial charge is 0.246 e. The summed E-state index contributed by atoms with van der Waals surface area (Å²) in [5.74, 6) is 2.11. The van der Waals surface area contributed by atoms with E-state index in [0.717, 1.165) is 51.1 Å². The Morgan fingerprint density at radius 2 is 1.72 bits per heavy atom. The predicted octanol–water partition coefficient (Wildman–Crippen LogP) is 6.18. The van der Waals surface area contributed by atoms with E-state index in [1.165, 1.54) is 6.08 Å². The van der Waals surface area contributed by atoms with Crippen LogP contribution in [0.4, 0.5) is 5.95 Å². The number of carbonyl (C=O) groups excluding carboxylic acids is 1. The maximum Gasteiger partial charge on any atom is 0.246 e. The van der Waals surface area contributed by atoms with Gasteiger partial charge in [0.1, 0.15) is 11.5 Å². The van der Waals surface area contributed by atoms with Crippen LogP contribution >= 0.6 is 0 Å². The van der Waals surface area contributed by atoms with Gasteiger partial charge < -0.3 is 19.7 Å². The Kier molecular flexibility index (Phi) is 10.7. The molecule has 0 bridgehead atoms. The van der Waals surface area contributed by atoms with E-state index >= 15 is 0 Å². The molecule has 1 aliphatic heterocycles. The summed E-state index contributed by atoms with van der Waals surface area (Å²) in [6.07, 6.45) is 4.04. The van der Waals surface area contributed by atoms with Crippen molar-refractivity contribution in [2.45, 2.75) is 54.0 Å². The van der Waals surface area contributed by atoms with Crippen molar-refractivity contribution in [3.05, 3.63) is 54.2 Å². The highest BCUT2D eigenvalue weighted by molar-refractivity contribution is 5.88. The molecule has 7 heteroatoms. The first-order chi connectivity index (χ1) is 17.4. The van der Waals surface area contributed by atoms with Gasteiger partial charge in [-0.15, -0.1) is 0 Å². The molecule has 1 fully saturated rings. The molecule has 2 heterocycles. The molecular weight excluding hydrogens is 452 g/mol. The number of aromatic nitrogens is 2. The summed E-state index contributed by atoms with van der Waals surface area (Å²) in [4.78, 5) is 22.8. The summed E-state index contributed by atoms with van der Waals surface area (Å²) in [5, 5.41) is 4.30. The number of hydrogen-bond acceptors (Lipinski definition) is 6. The number of rotatable bonds is 6. The molecule has 36 heavy (non-hydrogen) atoms. The number of amides is 1. The number of hydrogen-bond donors (Lipinski definition) is 1. The van der Waals surface area contributed by atoms with Crippen LogP contribution in [0.25, 0.3) is 22.0 Å². The molecule has 3 aromatic rings. The second-order valence-corrected chi connectivity index (χ2v) is 7.99. The van der Waals surface area contributed by atoms with Crippen LogP contribution in [0, 0.1) is 13.8 Å². The van der Waals surface area contributed by atoms with Gasteiger partial charge in [0.25, 0.3) is 0 Å². The average Bonchev–Trinajstić information content (AvgIpc) is 3.39. The van der Waals surface area contributed by atoms with Gasteiger partial charge >= 0.3 is 0 Å². The minimum atomic E-state index is -0.0407. The Morgan fingerprint density at radius 1 is 1.08 bits per heavy atom. The highest BCUT2D eigenvalue weighted by Crippen LogP contribution is 2.39. The van der Waals surface area contributed by atoms with E-state index < -0.39 is 0 Å². The van der Waals surface area contributed by atoms with Gasteiger partial charge in [-0.2, -0.15) is 0 Å². The number of methoxy groups -OCH3 is 2. The molecule has 0 saturated carbocycles. The predicted molar refractivity (Wildman–Crippen MR) is 149 cm³/mol. The summed E-state index contributed by atoms with van der Waals surface area (Å²) < 4.78 is 11.1.